The molecule has 5 nitrogen and oxygen atoms in total. The van der Waals surface area contributed by atoms with Crippen molar-refractivity contribution in [1.82, 2.24) is 9.80 Å². The smallest absolute Gasteiger partial charge is 0.115 e. The van der Waals surface area contributed by atoms with Gasteiger partial charge in [0.1, 0.15) is 5.75 Å². The number of hydrogen-bond donors (Lipinski definition) is 3. The number of rotatable bonds is 5. The van der Waals surface area contributed by atoms with E-state index in [0.29, 0.717) is 12.3 Å². The lowest BCUT2D eigenvalue weighted by Crippen LogP contribution is -2.52. The molecule has 1 unspecified atom stereocenters. The van der Waals surface area contributed by atoms with Crippen molar-refractivity contribution in [2.24, 2.45) is 0 Å². The molecular weight excluding hydrogens is 292 g/mol. The van der Waals surface area contributed by atoms with Gasteiger partial charge >= 0.3 is 0 Å². The van der Waals surface area contributed by atoms with Crippen molar-refractivity contribution in [3.8, 4) is 5.75 Å². The molecule has 1 aliphatic carbocycles. The lowest BCUT2D eigenvalue weighted by Gasteiger charge is -2.38. The largest absolute Gasteiger partial charge is 0.508 e. The Bertz CT molecular complexity index is 509. The van der Waals surface area contributed by atoms with E-state index in [0.717, 1.165) is 64.0 Å². The first-order chi connectivity index (χ1) is 11.0. The second kappa shape index (κ2) is 7.18. The lowest BCUT2D eigenvalue weighted by molar-refractivity contribution is -0.0848. The minimum atomic E-state index is -0.862. The van der Waals surface area contributed by atoms with Gasteiger partial charge in [0.05, 0.1) is 11.7 Å². The summed E-state index contributed by atoms with van der Waals surface area (Å²) in [6, 6.07) is 7.41. The van der Waals surface area contributed by atoms with Crippen LogP contribution in [0.2, 0.25) is 0 Å². The molecule has 1 aliphatic heterocycles. The summed E-state index contributed by atoms with van der Waals surface area (Å²) in [5.41, 5.74) is 0.261. The van der Waals surface area contributed by atoms with Crippen LogP contribution in [-0.2, 0) is 6.54 Å². The zero-order valence-corrected chi connectivity index (χ0v) is 13.7. The predicted octanol–water partition coefficient (Wildman–Crippen LogP) is 1.18. The van der Waals surface area contributed by atoms with Gasteiger partial charge in [0.25, 0.3) is 0 Å². The Morgan fingerprint density at radius 1 is 1.04 bits per heavy atom. The Balaban J connectivity index is 1.45. The fraction of sp³-hybridized carbons (Fsp3) is 0.667. The Labute approximate surface area is 138 Å². The zero-order chi connectivity index (χ0) is 16.3. The maximum atomic E-state index is 10.5. The van der Waals surface area contributed by atoms with Crippen LogP contribution in [0.25, 0.3) is 0 Å². The van der Waals surface area contributed by atoms with E-state index in [1.807, 2.05) is 18.2 Å². The molecule has 3 N–H and O–H groups in total. The Hall–Kier alpha value is -1.14. The molecule has 1 saturated heterocycles. The van der Waals surface area contributed by atoms with Crippen molar-refractivity contribution >= 4 is 0 Å². The molecule has 0 radical (unpaired) electrons. The molecule has 1 aromatic carbocycles. The maximum Gasteiger partial charge on any atom is 0.115 e. The van der Waals surface area contributed by atoms with Gasteiger partial charge in [0.2, 0.25) is 0 Å². The molecule has 2 aliphatic rings. The van der Waals surface area contributed by atoms with Gasteiger partial charge in [-0.2, -0.15) is 0 Å². The van der Waals surface area contributed by atoms with Gasteiger partial charge in [-0.15, -0.1) is 0 Å². The van der Waals surface area contributed by atoms with Gasteiger partial charge in [0, 0.05) is 39.3 Å². The first-order valence-corrected chi connectivity index (χ1v) is 8.68. The third-order valence-corrected chi connectivity index (χ3v) is 5.30. The second-order valence-corrected chi connectivity index (χ2v) is 7.07. The second-order valence-electron chi connectivity index (χ2n) is 7.07. The van der Waals surface area contributed by atoms with E-state index >= 15 is 0 Å². The van der Waals surface area contributed by atoms with Gasteiger partial charge in [-0.25, -0.2) is 0 Å². The Kier molecular flexibility index (Phi) is 5.21. The van der Waals surface area contributed by atoms with E-state index < -0.39 is 11.7 Å². The van der Waals surface area contributed by atoms with Gasteiger partial charge in [-0.3, -0.25) is 9.80 Å². The van der Waals surface area contributed by atoms with E-state index in [2.05, 4.69) is 9.80 Å². The molecule has 3 rings (SSSR count). The normalized spacial score (nSPS) is 23.9. The summed E-state index contributed by atoms with van der Waals surface area (Å²) in [5.74, 6) is 0.314. The number of aliphatic hydroxyl groups is 2. The number of phenols is 1. The van der Waals surface area contributed by atoms with Crippen LogP contribution in [0.4, 0.5) is 0 Å². The highest BCUT2D eigenvalue weighted by molar-refractivity contribution is 5.27. The molecule has 0 spiro atoms. The van der Waals surface area contributed by atoms with Crippen LogP contribution in [0.5, 0.6) is 5.75 Å². The summed E-state index contributed by atoms with van der Waals surface area (Å²) < 4.78 is 0. The summed E-state index contributed by atoms with van der Waals surface area (Å²) in [6.45, 7) is 5.12. The molecule has 0 bridgehead atoms. The quantitative estimate of drug-likeness (QED) is 0.760. The first kappa shape index (κ1) is 16.7. The molecule has 0 amide bonds. The molecule has 5 heteroatoms. The Morgan fingerprint density at radius 3 is 2.35 bits per heavy atom. The average molecular weight is 320 g/mol. The maximum absolute atomic E-state index is 10.5. The lowest BCUT2D eigenvalue weighted by atomic mass is 9.94. The van der Waals surface area contributed by atoms with Crippen LogP contribution >= 0.6 is 0 Å². The van der Waals surface area contributed by atoms with Crippen molar-refractivity contribution in [3.63, 3.8) is 0 Å². The van der Waals surface area contributed by atoms with Crippen LogP contribution in [0, 0.1) is 0 Å². The summed E-state index contributed by atoms with van der Waals surface area (Å²) in [5, 5.41) is 30.3. The minimum absolute atomic E-state index is 0.314. The minimum Gasteiger partial charge on any atom is -0.508 e. The average Bonchev–Trinajstić information content (AvgIpc) is 2.97. The number of piperazine rings is 1. The SMILES string of the molecule is Oc1cccc(CN2CCN(CC(O)C3(O)CCCC3)CC2)c1. The molecule has 1 heterocycles. The molecule has 1 atom stereocenters. The number of benzene rings is 1. The van der Waals surface area contributed by atoms with E-state index in [4.69, 9.17) is 0 Å². The zero-order valence-electron chi connectivity index (χ0n) is 13.7. The van der Waals surface area contributed by atoms with Crippen molar-refractivity contribution in [3.05, 3.63) is 29.8 Å². The van der Waals surface area contributed by atoms with Crippen LogP contribution in [0.15, 0.2) is 24.3 Å². The van der Waals surface area contributed by atoms with Crippen LogP contribution in [-0.4, -0.2) is 69.5 Å². The highest BCUT2D eigenvalue weighted by atomic mass is 16.3. The molecule has 128 valence electrons. The standard InChI is InChI=1S/C18H28N2O3/c21-16-5-3-4-15(12-16)13-19-8-10-20(11-9-19)14-17(22)18(23)6-1-2-7-18/h3-5,12,17,21-23H,1-2,6-11,13-14H2. The third kappa shape index (κ3) is 4.23. The van der Waals surface area contributed by atoms with E-state index in [1.165, 1.54) is 0 Å². The summed E-state index contributed by atoms with van der Waals surface area (Å²) in [7, 11) is 0. The number of phenolic OH excluding ortho intramolecular Hbond substituents is 1. The fourth-order valence-electron chi connectivity index (χ4n) is 3.78. The first-order valence-electron chi connectivity index (χ1n) is 8.68. The number of hydrogen-bond acceptors (Lipinski definition) is 5. The number of aliphatic hydroxyl groups excluding tert-OH is 1. The van der Waals surface area contributed by atoms with Crippen molar-refractivity contribution in [2.45, 2.75) is 43.9 Å². The van der Waals surface area contributed by atoms with Gasteiger partial charge < -0.3 is 15.3 Å². The molecule has 1 saturated carbocycles. The van der Waals surface area contributed by atoms with E-state index in [-0.39, 0.29) is 0 Å². The van der Waals surface area contributed by atoms with Crippen molar-refractivity contribution < 1.29 is 15.3 Å². The van der Waals surface area contributed by atoms with Gasteiger partial charge in [0.15, 0.2) is 0 Å². The number of aromatic hydroxyl groups is 1. The van der Waals surface area contributed by atoms with Crippen LogP contribution in [0.1, 0.15) is 31.2 Å². The molecule has 1 aromatic rings. The number of nitrogens with zero attached hydrogens (tertiary/aromatic N) is 2. The van der Waals surface area contributed by atoms with Crippen LogP contribution in [0.3, 0.4) is 0 Å². The Morgan fingerprint density at radius 2 is 1.70 bits per heavy atom. The van der Waals surface area contributed by atoms with E-state index in [1.54, 1.807) is 6.07 Å². The highest BCUT2D eigenvalue weighted by Gasteiger charge is 2.39. The van der Waals surface area contributed by atoms with Crippen molar-refractivity contribution in [2.75, 3.05) is 32.7 Å². The summed E-state index contributed by atoms with van der Waals surface area (Å²) in [6.07, 6.45) is 2.86. The predicted molar refractivity (Wildman–Crippen MR) is 89.2 cm³/mol. The molecule has 2 fully saturated rings. The number of β-amino-alcohol motifs (C(OH)–C–C–N with tert-alkyl or cyclic N) is 1. The fourth-order valence-corrected chi connectivity index (χ4v) is 3.78. The molecule has 23 heavy (non-hydrogen) atoms. The third-order valence-electron chi connectivity index (χ3n) is 5.30. The van der Waals surface area contributed by atoms with Gasteiger partial charge in [-0.05, 0) is 30.5 Å². The van der Waals surface area contributed by atoms with Gasteiger partial charge in [-0.1, -0.05) is 25.0 Å². The monoisotopic (exact) mass is 320 g/mol. The van der Waals surface area contributed by atoms with Crippen LogP contribution < -0.4 is 0 Å². The highest BCUT2D eigenvalue weighted by Crippen LogP contribution is 2.32. The van der Waals surface area contributed by atoms with Crippen molar-refractivity contribution in [1.29, 1.82) is 0 Å². The molecular formula is C18H28N2O3. The molecule has 0 aromatic heterocycles. The summed E-state index contributed by atoms with van der Waals surface area (Å²) in [4.78, 5) is 4.61. The topological polar surface area (TPSA) is 67.2 Å². The summed E-state index contributed by atoms with van der Waals surface area (Å²) >= 11 is 0. The van der Waals surface area contributed by atoms with E-state index in [9.17, 15) is 15.3 Å².